The number of rotatable bonds is 4. The summed E-state index contributed by atoms with van der Waals surface area (Å²) >= 11 is 0. The number of aromatic nitrogens is 1. The van der Waals surface area contributed by atoms with Gasteiger partial charge < -0.3 is 20.8 Å². The molecule has 4 N–H and O–H groups in total. The van der Waals surface area contributed by atoms with E-state index in [1.807, 2.05) is 12.1 Å². The average Bonchev–Trinajstić information content (AvgIpc) is 2.84. The maximum absolute atomic E-state index is 12.3. The van der Waals surface area contributed by atoms with E-state index in [1.54, 1.807) is 0 Å². The van der Waals surface area contributed by atoms with Crippen LogP contribution in [0.2, 0.25) is 0 Å². The molecule has 2 heterocycles. The van der Waals surface area contributed by atoms with E-state index in [1.165, 1.54) is 10.9 Å². The van der Waals surface area contributed by atoms with Gasteiger partial charge in [0, 0.05) is 36.4 Å². The van der Waals surface area contributed by atoms with Crippen LogP contribution in [0.1, 0.15) is 24.1 Å². The molecule has 5 nitrogen and oxygen atoms in total. The van der Waals surface area contributed by atoms with Crippen LogP contribution in [-0.2, 0) is 16.0 Å². The van der Waals surface area contributed by atoms with Gasteiger partial charge in [-0.2, -0.15) is 0 Å². The van der Waals surface area contributed by atoms with Crippen LogP contribution < -0.4 is 11.1 Å². The van der Waals surface area contributed by atoms with Crippen molar-refractivity contribution in [2.45, 2.75) is 31.7 Å². The number of fused-ring (bicyclic) bond motifs is 1. The van der Waals surface area contributed by atoms with E-state index in [9.17, 15) is 4.79 Å². The molecule has 1 saturated heterocycles. The fourth-order valence-corrected chi connectivity index (χ4v) is 3.10. The van der Waals surface area contributed by atoms with Crippen LogP contribution in [0.25, 0.3) is 10.9 Å². The average molecular weight is 301 g/mol. The molecule has 1 amide bonds. The highest BCUT2D eigenvalue weighted by atomic mass is 16.5. The molecular formula is C17H23N3O2. The number of benzene rings is 1. The van der Waals surface area contributed by atoms with Crippen molar-refractivity contribution in [2.24, 2.45) is 5.73 Å². The molecule has 1 aliphatic heterocycles. The molecule has 1 aromatic carbocycles. The maximum Gasteiger partial charge on any atom is 0.240 e. The lowest BCUT2D eigenvalue weighted by atomic mass is 9.90. The molecule has 1 aliphatic rings. The zero-order valence-corrected chi connectivity index (χ0v) is 12.9. The Balaban J connectivity index is 1.62. The van der Waals surface area contributed by atoms with Gasteiger partial charge in [-0.3, -0.25) is 4.79 Å². The molecule has 1 aromatic heterocycles. The monoisotopic (exact) mass is 301 g/mol. The number of aryl methyl sites for hydroxylation is 1. The number of hydrogen-bond acceptors (Lipinski definition) is 3. The molecule has 0 saturated carbocycles. The molecule has 5 heteroatoms. The quantitative estimate of drug-likeness (QED) is 0.803. The third kappa shape index (κ3) is 2.87. The van der Waals surface area contributed by atoms with Gasteiger partial charge >= 0.3 is 0 Å². The summed E-state index contributed by atoms with van der Waals surface area (Å²) in [6, 6.07) is 8.24. The zero-order valence-electron chi connectivity index (χ0n) is 12.9. The highest BCUT2D eigenvalue weighted by molar-refractivity contribution is 5.87. The highest BCUT2D eigenvalue weighted by Gasteiger charge is 2.35. The molecule has 1 fully saturated rings. The summed E-state index contributed by atoms with van der Waals surface area (Å²) in [6.45, 7) is 3.79. The Hall–Kier alpha value is -1.85. The van der Waals surface area contributed by atoms with Gasteiger partial charge in [0.15, 0.2) is 0 Å². The molecule has 22 heavy (non-hydrogen) atoms. The number of hydrogen-bond donors (Lipinski definition) is 3. The number of aromatic amines is 1. The fourth-order valence-electron chi connectivity index (χ4n) is 3.10. The van der Waals surface area contributed by atoms with Crippen LogP contribution in [0.5, 0.6) is 0 Å². The molecule has 3 rings (SSSR count). The minimum absolute atomic E-state index is 0.0618. The topological polar surface area (TPSA) is 80.1 Å². The molecule has 0 atom stereocenters. The van der Waals surface area contributed by atoms with Crippen LogP contribution in [0.15, 0.2) is 24.3 Å². The lowest BCUT2D eigenvalue weighted by molar-refractivity contribution is -0.129. The molecule has 0 aliphatic carbocycles. The Morgan fingerprint density at radius 2 is 2.09 bits per heavy atom. The van der Waals surface area contributed by atoms with Crippen molar-refractivity contribution in [3.63, 3.8) is 0 Å². The first-order valence-electron chi connectivity index (χ1n) is 7.81. The Kier molecular flexibility index (Phi) is 4.18. The van der Waals surface area contributed by atoms with Crippen molar-refractivity contribution in [3.8, 4) is 0 Å². The second-order valence-corrected chi connectivity index (χ2v) is 6.05. The van der Waals surface area contributed by atoms with Crippen LogP contribution in [0.4, 0.5) is 0 Å². The largest absolute Gasteiger partial charge is 0.381 e. The maximum atomic E-state index is 12.3. The predicted molar refractivity (Wildman–Crippen MR) is 86.7 cm³/mol. The third-order valence-electron chi connectivity index (χ3n) is 4.52. The lowest BCUT2D eigenvalue weighted by Gasteiger charge is -2.31. The molecule has 0 bridgehead atoms. The van der Waals surface area contributed by atoms with Gasteiger partial charge in [-0.15, -0.1) is 0 Å². The number of amides is 1. The Bertz CT molecular complexity index is 672. The van der Waals surface area contributed by atoms with Crippen LogP contribution in [0.3, 0.4) is 0 Å². The summed E-state index contributed by atoms with van der Waals surface area (Å²) in [5.74, 6) is -0.0618. The summed E-state index contributed by atoms with van der Waals surface area (Å²) in [4.78, 5) is 15.7. The van der Waals surface area contributed by atoms with Crippen molar-refractivity contribution >= 4 is 16.8 Å². The number of ether oxygens (including phenoxy) is 1. The van der Waals surface area contributed by atoms with E-state index < -0.39 is 5.54 Å². The second kappa shape index (κ2) is 6.10. The number of carbonyl (C=O) groups excluding carboxylic acids is 1. The first-order valence-corrected chi connectivity index (χ1v) is 7.81. The number of carbonyl (C=O) groups is 1. The second-order valence-electron chi connectivity index (χ2n) is 6.05. The van der Waals surface area contributed by atoms with Crippen molar-refractivity contribution in [2.75, 3.05) is 19.8 Å². The number of para-hydroxylation sites is 1. The number of H-pyrrole nitrogens is 1. The van der Waals surface area contributed by atoms with Crippen molar-refractivity contribution < 1.29 is 9.53 Å². The van der Waals surface area contributed by atoms with E-state index in [4.69, 9.17) is 10.5 Å². The summed E-state index contributed by atoms with van der Waals surface area (Å²) in [5.41, 5.74) is 8.97. The fraction of sp³-hybridized carbons (Fsp3) is 0.471. The Morgan fingerprint density at radius 3 is 2.86 bits per heavy atom. The smallest absolute Gasteiger partial charge is 0.240 e. The summed E-state index contributed by atoms with van der Waals surface area (Å²) in [5, 5.41) is 4.21. The van der Waals surface area contributed by atoms with Gasteiger partial charge in [0.2, 0.25) is 5.91 Å². The van der Waals surface area contributed by atoms with Crippen LogP contribution >= 0.6 is 0 Å². The first-order chi connectivity index (χ1) is 10.6. The molecule has 0 unspecified atom stereocenters. The Labute approximate surface area is 130 Å². The summed E-state index contributed by atoms with van der Waals surface area (Å²) < 4.78 is 5.28. The molecule has 0 radical (unpaired) electrons. The SMILES string of the molecule is Cc1[nH]c2ccccc2c1CCNC(=O)C1(N)CCOCC1. The zero-order chi connectivity index (χ0) is 15.6. The van der Waals surface area contributed by atoms with Gasteiger partial charge in [-0.1, -0.05) is 18.2 Å². The normalized spacial score (nSPS) is 17.5. The van der Waals surface area contributed by atoms with Gasteiger partial charge in [0.05, 0.1) is 5.54 Å². The van der Waals surface area contributed by atoms with Gasteiger partial charge in [-0.25, -0.2) is 0 Å². The molecular weight excluding hydrogens is 278 g/mol. The van der Waals surface area contributed by atoms with Gasteiger partial charge in [0.1, 0.15) is 0 Å². The lowest BCUT2D eigenvalue weighted by Crippen LogP contribution is -2.57. The van der Waals surface area contributed by atoms with E-state index in [0.29, 0.717) is 32.6 Å². The molecule has 0 spiro atoms. The first kappa shape index (κ1) is 15.1. The standard InChI is InChI=1S/C17H23N3O2/c1-12-13(14-4-2-3-5-15(14)20-12)6-9-19-16(21)17(18)7-10-22-11-8-17/h2-5,20H,6-11,18H2,1H3,(H,19,21). The van der Waals surface area contributed by atoms with E-state index in [0.717, 1.165) is 17.6 Å². The molecule has 118 valence electrons. The van der Waals surface area contributed by atoms with E-state index >= 15 is 0 Å². The minimum Gasteiger partial charge on any atom is -0.381 e. The predicted octanol–water partition coefficient (Wildman–Crippen LogP) is 1.64. The Morgan fingerprint density at radius 1 is 1.36 bits per heavy atom. The van der Waals surface area contributed by atoms with Gasteiger partial charge in [-0.05, 0) is 37.8 Å². The van der Waals surface area contributed by atoms with Crippen molar-refractivity contribution in [1.82, 2.24) is 10.3 Å². The number of nitrogens with two attached hydrogens (primary N) is 1. The minimum atomic E-state index is -0.770. The molecule has 2 aromatic rings. The van der Waals surface area contributed by atoms with Crippen LogP contribution in [0, 0.1) is 6.92 Å². The van der Waals surface area contributed by atoms with Gasteiger partial charge in [0.25, 0.3) is 0 Å². The van der Waals surface area contributed by atoms with Crippen LogP contribution in [-0.4, -0.2) is 36.2 Å². The third-order valence-corrected chi connectivity index (χ3v) is 4.52. The summed E-state index contributed by atoms with van der Waals surface area (Å²) in [6.07, 6.45) is 1.98. The van der Waals surface area contributed by atoms with E-state index in [2.05, 4.69) is 29.4 Å². The highest BCUT2D eigenvalue weighted by Crippen LogP contribution is 2.22. The summed E-state index contributed by atoms with van der Waals surface area (Å²) in [7, 11) is 0. The van der Waals surface area contributed by atoms with Crippen molar-refractivity contribution in [1.29, 1.82) is 0 Å². The van der Waals surface area contributed by atoms with Crippen molar-refractivity contribution in [3.05, 3.63) is 35.5 Å². The van der Waals surface area contributed by atoms with E-state index in [-0.39, 0.29) is 5.91 Å². The number of nitrogens with one attached hydrogen (secondary N) is 2.